The topological polar surface area (TPSA) is 231 Å². The number of nitrogen functional groups attached to an aromatic ring is 1. The van der Waals surface area contributed by atoms with Gasteiger partial charge in [0.05, 0.1) is 11.6 Å². The fraction of sp³-hybridized carbons (Fsp3) is 0.409. The van der Waals surface area contributed by atoms with E-state index < -0.39 is 102 Å². The van der Waals surface area contributed by atoms with Crippen LogP contribution in [0.1, 0.15) is 17.5 Å². The number of anilines is 1. The molecule has 4 atom stereocenters. The lowest BCUT2D eigenvalue weighted by atomic mass is 9.57. The highest BCUT2D eigenvalue weighted by Crippen LogP contribution is 2.54. The van der Waals surface area contributed by atoms with E-state index in [1.165, 1.54) is 19.0 Å². The molecule has 17 heteroatoms. The van der Waals surface area contributed by atoms with Crippen LogP contribution in [0.4, 0.5) is 18.9 Å². The minimum atomic E-state index is -6.19. The van der Waals surface area contributed by atoms with Crippen molar-refractivity contribution in [1.82, 2.24) is 4.90 Å². The number of aliphatic hydroxyl groups is 3. The first-order chi connectivity index (χ1) is 17.8. The molecule has 0 aliphatic heterocycles. The first-order valence-corrected chi connectivity index (χ1v) is 12.5. The number of fused-ring (bicyclic) bond motifs is 3. The Morgan fingerprint density at radius 3 is 2.31 bits per heavy atom. The van der Waals surface area contributed by atoms with Gasteiger partial charge in [-0.05, 0) is 44.5 Å². The Morgan fingerprint density at radius 1 is 1.21 bits per heavy atom. The Bertz CT molecular complexity index is 1520. The number of ketones is 2. The summed E-state index contributed by atoms with van der Waals surface area (Å²) in [6, 6.07) is -0.609. The van der Waals surface area contributed by atoms with Crippen LogP contribution in [0.25, 0.3) is 5.76 Å². The number of phenolic OH excluding ortho intramolecular Hbond substituents is 1. The zero-order valence-corrected chi connectivity index (χ0v) is 20.9. The number of hydrogen-bond donors (Lipinski definition) is 6. The summed E-state index contributed by atoms with van der Waals surface area (Å²) in [6.07, 6.45) is -0.626. The van der Waals surface area contributed by atoms with E-state index in [0.717, 1.165) is 6.07 Å². The molecule has 1 fully saturated rings. The van der Waals surface area contributed by atoms with Crippen molar-refractivity contribution in [2.45, 2.75) is 30.0 Å². The number of amides is 1. The third-order valence-corrected chi connectivity index (χ3v) is 8.16. The SMILES string of the molecule is CN(C)C1C(=O)C(C(N)=O)=C(O)C2(O)C(=O)C3=C(O)c4c(cc(OS(=O)(=O)C(F)(F)F)c(N)c4O)CC3CC12. The lowest BCUT2D eigenvalue weighted by molar-refractivity contribution is -0.153. The van der Waals surface area contributed by atoms with Crippen LogP contribution in [-0.2, 0) is 30.9 Å². The summed E-state index contributed by atoms with van der Waals surface area (Å²) in [4.78, 5) is 39.9. The van der Waals surface area contributed by atoms with Crippen LogP contribution in [0.2, 0.25) is 0 Å². The van der Waals surface area contributed by atoms with E-state index >= 15 is 0 Å². The van der Waals surface area contributed by atoms with E-state index in [9.17, 15) is 56.4 Å². The smallest absolute Gasteiger partial charge is 0.508 e. The number of nitrogens with zero attached hydrogens (tertiary/aromatic N) is 1. The Labute approximate surface area is 217 Å². The minimum Gasteiger partial charge on any atom is -0.508 e. The highest BCUT2D eigenvalue weighted by molar-refractivity contribution is 7.88. The molecule has 0 aromatic heterocycles. The molecule has 3 aliphatic carbocycles. The second kappa shape index (κ2) is 8.59. The molecule has 4 rings (SSSR count). The largest absolute Gasteiger partial charge is 0.534 e. The van der Waals surface area contributed by atoms with Crippen LogP contribution >= 0.6 is 0 Å². The Balaban J connectivity index is 1.92. The molecular weight excluding hydrogens is 555 g/mol. The molecule has 1 aromatic carbocycles. The quantitative estimate of drug-likeness (QED) is 0.0896. The first-order valence-electron chi connectivity index (χ1n) is 11.1. The molecule has 39 heavy (non-hydrogen) atoms. The predicted molar refractivity (Wildman–Crippen MR) is 124 cm³/mol. The standard InChI is InChI=1S/C22H22F3N3O10S/c1-28(2)14-8-4-6-3-7-5-9(38-39(36,37)22(23,24)25)13(26)16(30)10(7)15(29)11(6)18(32)21(8,35)19(33)12(17(14)31)20(27)34/h5-6,8,14,29-30,33,35H,3-4,26H2,1-2H3,(H2,27,34). The molecule has 8 N–H and O–H groups in total. The molecule has 1 saturated carbocycles. The third kappa shape index (κ3) is 3.82. The molecule has 0 spiro atoms. The van der Waals surface area contributed by atoms with Crippen LogP contribution in [0, 0.1) is 11.8 Å². The fourth-order valence-corrected chi connectivity index (χ4v) is 5.99. The summed E-state index contributed by atoms with van der Waals surface area (Å²) in [6.45, 7) is 0. The van der Waals surface area contributed by atoms with Crippen molar-refractivity contribution in [1.29, 1.82) is 0 Å². The van der Waals surface area contributed by atoms with Crippen LogP contribution < -0.4 is 15.7 Å². The number of carbonyl (C=O) groups is 3. The summed E-state index contributed by atoms with van der Waals surface area (Å²) >= 11 is 0. The number of Topliss-reactive ketones (excluding diaryl/α,β-unsaturated/α-hetero) is 2. The molecule has 1 aromatic rings. The van der Waals surface area contributed by atoms with E-state index in [1.807, 2.05) is 0 Å². The normalized spacial score (nSPS) is 27.3. The molecule has 4 unspecified atom stereocenters. The highest BCUT2D eigenvalue weighted by Gasteiger charge is 2.64. The summed E-state index contributed by atoms with van der Waals surface area (Å²) in [5, 5.41) is 43.8. The number of primary amides is 1. The molecule has 0 bridgehead atoms. The number of aliphatic hydroxyl groups excluding tert-OH is 2. The number of rotatable bonds is 4. The number of aromatic hydroxyl groups is 1. The van der Waals surface area contributed by atoms with Gasteiger partial charge in [-0.2, -0.15) is 21.6 Å². The van der Waals surface area contributed by atoms with Crippen LogP contribution in [0.15, 0.2) is 23.0 Å². The maximum atomic E-state index is 13.7. The lowest BCUT2D eigenvalue weighted by Crippen LogP contribution is -2.65. The first kappa shape index (κ1) is 28.2. The molecule has 13 nitrogen and oxygen atoms in total. The molecule has 0 saturated heterocycles. The van der Waals surface area contributed by atoms with Gasteiger partial charge in [-0.25, -0.2) is 0 Å². The second-order valence-corrected chi connectivity index (χ2v) is 11.2. The average molecular weight is 577 g/mol. The van der Waals surface area contributed by atoms with Gasteiger partial charge in [0, 0.05) is 11.5 Å². The van der Waals surface area contributed by atoms with Gasteiger partial charge in [0.25, 0.3) is 5.91 Å². The van der Waals surface area contributed by atoms with E-state index in [4.69, 9.17) is 11.5 Å². The lowest BCUT2D eigenvalue weighted by Gasteiger charge is -2.50. The van der Waals surface area contributed by atoms with Crippen molar-refractivity contribution >= 4 is 39.0 Å². The third-order valence-electron chi connectivity index (χ3n) is 7.20. The molecule has 0 heterocycles. The molecular formula is C22H22F3N3O10S. The van der Waals surface area contributed by atoms with Crippen molar-refractivity contribution in [3.8, 4) is 11.5 Å². The van der Waals surface area contributed by atoms with E-state index in [0.29, 0.717) is 0 Å². The number of hydrogen-bond acceptors (Lipinski definition) is 12. The summed E-state index contributed by atoms with van der Waals surface area (Å²) < 4.78 is 65.6. The second-order valence-electron chi connectivity index (χ2n) is 9.62. The van der Waals surface area contributed by atoms with E-state index in [2.05, 4.69) is 4.18 Å². The van der Waals surface area contributed by atoms with Gasteiger partial charge in [-0.15, -0.1) is 0 Å². The minimum absolute atomic E-state index is 0.167. The van der Waals surface area contributed by atoms with Crippen molar-refractivity contribution in [3.05, 3.63) is 34.1 Å². The van der Waals surface area contributed by atoms with E-state index in [1.54, 1.807) is 0 Å². The number of likely N-dealkylation sites (N-methyl/N-ethyl adjacent to an activating group) is 1. The van der Waals surface area contributed by atoms with Crippen LogP contribution in [0.3, 0.4) is 0 Å². The number of carbonyl (C=O) groups excluding carboxylic acids is 3. The van der Waals surface area contributed by atoms with E-state index in [-0.39, 0.29) is 18.4 Å². The van der Waals surface area contributed by atoms with Gasteiger partial charge >= 0.3 is 15.6 Å². The Morgan fingerprint density at radius 2 is 1.79 bits per heavy atom. The molecule has 1 amide bonds. The van der Waals surface area contributed by atoms with Gasteiger partial charge in [0.1, 0.15) is 22.8 Å². The van der Waals surface area contributed by atoms with Crippen LogP contribution in [0.5, 0.6) is 11.5 Å². The maximum Gasteiger partial charge on any atom is 0.534 e. The van der Waals surface area contributed by atoms with Gasteiger partial charge in [0.2, 0.25) is 5.78 Å². The van der Waals surface area contributed by atoms with Gasteiger partial charge in [-0.1, -0.05) is 0 Å². The van der Waals surface area contributed by atoms with Crippen molar-refractivity contribution in [2.24, 2.45) is 17.6 Å². The average Bonchev–Trinajstić information content (AvgIpc) is 2.78. The number of benzene rings is 1. The highest BCUT2D eigenvalue weighted by atomic mass is 32.2. The molecule has 0 radical (unpaired) electrons. The van der Waals surface area contributed by atoms with Crippen molar-refractivity contribution in [3.63, 3.8) is 0 Å². The monoisotopic (exact) mass is 577 g/mol. The van der Waals surface area contributed by atoms with Gasteiger partial charge < -0.3 is 36.1 Å². The summed E-state index contributed by atoms with van der Waals surface area (Å²) in [5.74, 6) is -10.6. The maximum absolute atomic E-state index is 13.7. The number of halogens is 3. The summed E-state index contributed by atoms with van der Waals surface area (Å²) in [7, 11) is -3.39. The fourth-order valence-electron chi connectivity index (χ4n) is 5.52. The Hall–Kier alpha value is -3.83. The number of phenols is 1. The predicted octanol–water partition coefficient (Wildman–Crippen LogP) is -0.225. The van der Waals surface area contributed by atoms with Crippen molar-refractivity contribution in [2.75, 3.05) is 19.8 Å². The molecule has 3 aliphatic rings. The zero-order chi connectivity index (χ0) is 29.6. The van der Waals surface area contributed by atoms with Crippen molar-refractivity contribution < 1.29 is 60.6 Å². The van der Waals surface area contributed by atoms with Gasteiger partial charge in [-0.3, -0.25) is 19.3 Å². The van der Waals surface area contributed by atoms with Crippen LogP contribution in [-0.4, -0.2) is 82.5 Å². The zero-order valence-electron chi connectivity index (χ0n) is 20.1. The number of alkyl halides is 3. The Kier molecular flexibility index (Phi) is 6.21. The molecule has 212 valence electrons. The number of nitrogens with two attached hydrogens (primary N) is 2. The van der Waals surface area contributed by atoms with Gasteiger partial charge in [0.15, 0.2) is 22.9 Å². The summed E-state index contributed by atoms with van der Waals surface area (Å²) in [5.41, 5.74) is -1.18.